The minimum absolute atomic E-state index is 0.283. The fourth-order valence-corrected chi connectivity index (χ4v) is 1.46. The number of pyridine rings is 1. The summed E-state index contributed by atoms with van der Waals surface area (Å²) in [6.07, 6.45) is 2.57. The molecule has 0 aliphatic carbocycles. The van der Waals surface area contributed by atoms with Crippen molar-refractivity contribution >= 4 is 9.84 Å². The number of hydrogen-bond acceptors (Lipinski definition) is 3. The highest BCUT2D eigenvalue weighted by Gasteiger charge is 2.07. The zero-order valence-electron chi connectivity index (χ0n) is 7.33. The molecule has 1 heterocycles. The normalized spacial score (nSPS) is 11.6. The molecule has 0 N–H and O–H groups in total. The summed E-state index contributed by atoms with van der Waals surface area (Å²) in [5.41, 5.74) is 1.76. The Balaban J connectivity index is 3.33. The van der Waals surface area contributed by atoms with Gasteiger partial charge in [-0.1, -0.05) is 0 Å². The molecular weight excluding hydrogens is 174 g/mol. The summed E-state index contributed by atoms with van der Waals surface area (Å²) in [7, 11) is -3.10. The molecule has 1 rings (SSSR count). The summed E-state index contributed by atoms with van der Waals surface area (Å²) < 4.78 is 22.1. The molecule has 0 spiro atoms. The standard InChI is InChI=1S/C8H11NO2S/c1-6-4-8(12(3,10)11)5-9-7(6)2/h4-5H,1-3H3. The van der Waals surface area contributed by atoms with Crippen LogP contribution < -0.4 is 0 Å². The summed E-state index contributed by atoms with van der Waals surface area (Å²) in [5.74, 6) is 0. The Bertz CT molecular complexity index is 396. The van der Waals surface area contributed by atoms with Crippen molar-refractivity contribution in [2.45, 2.75) is 18.7 Å². The number of aromatic nitrogens is 1. The number of nitrogens with zero attached hydrogens (tertiary/aromatic N) is 1. The summed E-state index contributed by atoms with van der Waals surface area (Å²) in [4.78, 5) is 4.25. The molecule has 0 fully saturated rings. The maximum absolute atomic E-state index is 11.1. The van der Waals surface area contributed by atoms with Gasteiger partial charge in [-0.05, 0) is 25.5 Å². The van der Waals surface area contributed by atoms with E-state index < -0.39 is 9.84 Å². The van der Waals surface area contributed by atoms with E-state index in [1.54, 1.807) is 6.07 Å². The third kappa shape index (κ3) is 1.82. The first-order chi connectivity index (χ1) is 5.41. The number of rotatable bonds is 1. The number of hydrogen-bond donors (Lipinski definition) is 0. The molecular formula is C8H11NO2S. The zero-order valence-corrected chi connectivity index (χ0v) is 8.14. The molecule has 0 bridgehead atoms. The zero-order chi connectivity index (χ0) is 9.35. The van der Waals surface area contributed by atoms with Gasteiger partial charge >= 0.3 is 0 Å². The fourth-order valence-electron chi connectivity index (χ4n) is 0.820. The lowest BCUT2D eigenvalue weighted by Gasteiger charge is -2.01. The number of sulfone groups is 1. The van der Waals surface area contributed by atoms with Gasteiger partial charge in [-0.25, -0.2) is 8.42 Å². The minimum atomic E-state index is -3.10. The van der Waals surface area contributed by atoms with Crippen molar-refractivity contribution in [3.05, 3.63) is 23.5 Å². The van der Waals surface area contributed by atoms with Crippen LogP contribution in [0.2, 0.25) is 0 Å². The number of aryl methyl sites for hydroxylation is 2. The Morgan fingerprint density at radius 1 is 1.33 bits per heavy atom. The highest BCUT2D eigenvalue weighted by Crippen LogP contribution is 2.11. The maximum Gasteiger partial charge on any atom is 0.177 e. The second kappa shape index (κ2) is 2.86. The highest BCUT2D eigenvalue weighted by molar-refractivity contribution is 7.90. The third-order valence-electron chi connectivity index (χ3n) is 1.74. The molecule has 0 saturated heterocycles. The van der Waals surface area contributed by atoms with Crippen LogP contribution in [0.4, 0.5) is 0 Å². The molecule has 3 nitrogen and oxygen atoms in total. The molecule has 0 aromatic carbocycles. The van der Waals surface area contributed by atoms with Crippen molar-refractivity contribution < 1.29 is 8.42 Å². The molecule has 0 saturated carbocycles. The predicted octanol–water partition coefficient (Wildman–Crippen LogP) is 1.10. The van der Waals surface area contributed by atoms with Crippen LogP contribution in [0.15, 0.2) is 17.2 Å². The first-order valence-electron chi connectivity index (χ1n) is 3.54. The van der Waals surface area contributed by atoms with Gasteiger partial charge in [-0.2, -0.15) is 0 Å². The van der Waals surface area contributed by atoms with Gasteiger partial charge in [0.25, 0.3) is 0 Å². The van der Waals surface area contributed by atoms with E-state index in [1.807, 2.05) is 13.8 Å². The van der Waals surface area contributed by atoms with Crippen molar-refractivity contribution in [3.8, 4) is 0 Å². The predicted molar refractivity (Wildman–Crippen MR) is 46.8 cm³/mol. The molecule has 0 aliphatic rings. The first kappa shape index (κ1) is 9.19. The van der Waals surface area contributed by atoms with Gasteiger partial charge in [0.15, 0.2) is 9.84 Å². The lowest BCUT2D eigenvalue weighted by molar-refractivity contribution is 0.601. The molecule has 0 atom stereocenters. The Hall–Kier alpha value is -0.900. The monoisotopic (exact) mass is 185 g/mol. The van der Waals surface area contributed by atoms with E-state index in [9.17, 15) is 8.42 Å². The molecule has 4 heteroatoms. The molecule has 1 aromatic rings. The van der Waals surface area contributed by atoms with Gasteiger partial charge in [0.2, 0.25) is 0 Å². The Kier molecular flexibility index (Phi) is 2.19. The van der Waals surface area contributed by atoms with Crippen LogP contribution >= 0.6 is 0 Å². The second-order valence-electron chi connectivity index (χ2n) is 2.85. The van der Waals surface area contributed by atoms with Crippen LogP contribution in [-0.4, -0.2) is 19.7 Å². The van der Waals surface area contributed by atoms with Gasteiger partial charge in [-0.15, -0.1) is 0 Å². The molecule has 0 amide bonds. The van der Waals surface area contributed by atoms with E-state index in [0.717, 1.165) is 11.3 Å². The summed E-state index contributed by atoms with van der Waals surface area (Å²) in [6.45, 7) is 3.69. The molecule has 0 aliphatic heterocycles. The molecule has 66 valence electrons. The fraction of sp³-hybridized carbons (Fsp3) is 0.375. The van der Waals surface area contributed by atoms with Crippen LogP contribution in [0, 0.1) is 13.8 Å². The average molecular weight is 185 g/mol. The summed E-state index contributed by atoms with van der Waals surface area (Å²) in [6, 6.07) is 1.64. The highest BCUT2D eigenvalue weighted by atomic mass is 32.2. The van der Waals surface area contributed by atoms with Gasteiger partial charge in [0.05, 0.1) is 4.90 Å². The quantitative estimate of drug-likeness (QED) is 0.658. The smallest absolute Gasteiger partial charge is 0.177 e. The average Bonchev–Trinajstić information content (AvgIpc) is 1.92. The molecule has 0 radical (unpaired) electrons. The Morgan fingerprint density at radius 2 is 1.92 bits per heavy atom. The van der Waals surface area contributed by atoms with Crippen molar-refractivity contribution in [1.29, 1.82) is 0 Å². The van der Waals surface area contributed by atoms with E-state index in [-0.39, 0.29) is 4.90 Å². The van der Waals surface area contributed by atoms with Crippen molar-refractivity contribution in [2.75, 3.05) is 6.26 Å². The van der Waals surface area contributed by atoms with E-state index in [2.05, 4.69) is 4.98 Å². The largest absolute Gasteiger partial charge is 0.260 e. The summed E-state index contributed by atoms with van der Waals surface area (Å²) in [5, 5.41) is 0. The molecule has 0 unspecified atom stereocenters. The van der Waals surface area contributed by atoms with E-state index in [4.69, 9.17) is 0 Å². The molecule has 12 heavy (non-hydrogen) atoms. The SMILES string of the molecule is Cc1cc(S(C)(=O)=O)cnc1C. The van der Waals surface area contributed by atoms with Crippen molar-refractivity contribution in [3.63, 3.8) is 0 Å². The van der Waals surface area contributed by atoms with E-state index >= 15 is 0 Å². The van der Waals surface area contributed by atoms with Gasteiger partial charge < -0.3 is 0 Å². The van der Waals surface area contributed by atoms with Crippen LogP contribution in [0.5, 0.6) is 0 Å². The maximum atomic E-state index is 11.1. The van der Waals surface area contributed by atoms with Gasteiger partial charge in [0.1, 0.15) is 0 Å². The first-order valence-corrected chi connectivity index (χ1v) is 5.43. The van der Waals surface area contributed by atoms with Crippen LogP contribution in [0.1, 0.15) is 11.3 Å². The second-order valence-corrected chi connectivity index (χ2v) is 4.86. The van der Waals surface area contributed by atoms with Crippen LogP contribution in [-0.2, 0) is 9.84 Å². The Morgan fingerprint density at radius 3 is 2.33 bits per heavy atom. The third-order valence-corrected chi connectivity index (χ3v) is 2.82. The lowest BCUT2D eigenvalue weighted by Crippen LogP contribution is -1.99. The minimum Gasteiger partial charge on any atom is -0.260 e. The molecule has 1 aromatic heterocycles. The van der Waals surface area contributed by atoms with Crippen molar-refractivity contribution in [2.24, 2.45) is 0 Å². The van der Waals surface area contributed by atoms with Crippen molar-refractivity contribution in [1.82, 2.24) is 4.98 Å². The van der Waals surface area contributed by atoms with Gasteiger partial charge in [0, 0.05) is 18.1 Å². The van der Waals surface area contributed by atoms with E-state index in [1.165, 1.54) is 12.5 Å². The lowest BCUT2D eigenvalue weighted by atomic mass is 10.2. The Labute approximate surface area is 72.4 Å². The van der Waals surface area contributed by atoms with Crippen LogP contribution in [0.3, 0.4) is 0 Å². The van der Waals surface area contributed by atoms with E-state index in [0.29, 0.717) is 0 Å². The van der Waals surface area contributed by atoms with Gasteiger partial charge in [-0.3, -0.25) is 4.98 Å². The summed E-state index contributed by atoms with van der Waals surface area (Å²) >= 11 is 0. The van der Waals surface area contributed by atoms with Crippen LogP contribution in [0.25, 0.3) is 0 Å². The topological polar surface area (TPSA) is 47.0 Å².